The third kappa shape index (κ3) is 3.83. The lowest BCUT2D eigenvalue weighted by Gasteiger charge is -2.25. The molecular weight excluding hydrogens is 462 g/mol. The van der Waals surface area contributed by atoms with Crippen molar-refractivity contribution in [1.82, 2.24) is 28.4 Å². The Kier molecular flexibility index (Phi) is 5.57. The molecule has 0 bridgehead atoms. The summed E-state index contributed by atoms with van der Waals surface area (Å²) >= 11 is 0. The van der Waals surface area contributed by atoms with Crippen LogP contribution in [0, 0.1) is 0 Å². The van der Waals surface area contributed by atoms with Crippen LogP contribution in [-0.4, -0.2) is 62.2 Å². The van der Waals surface area contributed by atoms with Crippen molar-refractivity contribution in [2.45, 2.75) is 45.0 Å². The van der Waals surface area contributed by atoms with Crippen LogP contribution < -0.4 is 11.3 Å². The van der Waals surface area contributed by atoms with Crippen molar-refractivity contribution in [3.63, 3.8) is 0 Å². The molecule has 1 atom stereocenters. The van der Waals surface area contributed by atoms with E-state index >= 15 is 0 Å². The zero-order chi connectivity index (χ0) is 24.2. The van der Waals surface area contributed by atoms with Crippen LogP contribution in [0.1, 0.15) is 52.8 Å². The fraction of sp³-hybridized carbons (Fsp3) is 0.524. The van der Waals surface area contributed by atoms with Gasteiger partial charge in [0.15, 0.2) is 0 Å². The molecule has 0 radical (unpaired) electrons. The summed E-state index contributed by atoms with van der Waals surface area (Å²) in [5.41, 5.74) is 7.95. The van der Waals surface area contributed by atoms with Gasteiger partial charge in [-0.15, -0.1) is 0 Å². The van der Waals surface area contributed by atoms with Gasteiger partial charge in [0.1, 0.15) is 11.7 Å². The molecular formula is C21H27N7O5S. The monoisotopic (exact) mass is 489 g/mol. The molecule has 1 saturated heterocycles. The van der Waals surface area contributed by atoms with E-state index in [1.807, 2.05) is 0 Å². The maximum atomic E-state index is 13.4. The summed E-state index contributed by atoms with van der Waals surface area (Å²) in [6.45, 7) is 1.16. The van der Waals surface area contributed by atoms with Crippen molar-refractivity contribution in [1.29, 1.82) is 0 Å². The molecule has 0 aliphatic carbocycles. The van der Waals surface area contributed by atoms with E-state index in [2.05, 4.69) is 10.2 Å². The van der Waals surface area contributed by atoms with E-state index in [1.165, 1.54) is 15.2 Å². The minimum absolute atomic E-state index is 0.0297. The largest absolute Gasteiger partial charge is 0.365 e. The van der Waals surface area contributed by atoms with E-state index in [0.29, 0.717) is 36.2 Å². The lowest BCUT2D eigenvalue weighted by Crippen LogP contribution is -2.35. The summed E-state index contributed by atoms with van der Waals surface area (Å²) in [5, 5.41) is 9.56. The molecule has 2 aliphatic rings. The third-order valence-electron chi connectivity index (χ3n) is 6.66. The van der Waals surface area contributed by atoms with Gasteiger partial charge in [0.2, 0.25) is 10.0 Å². The van der Waals surface area contributed by atoms with E-state index < -0.39 is 15.9 Å². The summed E-state index contributed by atoms with van der Waals surface area (Å²) in [6, 6.07) is 0. The van der Waals surface area contributed by atoms with Gasteiger partial charge in [0.25, 0.3) is 11.5 Å². The van der Waals surface area contributed by atoms with Crippen LogP contribution in [0.25, 0.3) is 10.9 Å². The number of nitrogens with zero attached hydrogens (tertiary/aromatic N) is 6. The van der Waals surface area contributed by atoms with Gasteiger partial charge in [0.05, 0.1) is 36.8 Å². The highest BCUT2D eigenvalue weighted by molar-refractivity contribution is 7.88. The van der Waals surface area contributed by atoms with Crippen molar-refractivity contribution in [2.24, 2.45) is 12.8 Å². The van der Waals surface area contributed by atoms with Crippen LogP contribution in [0.2, 0.25) is 0 Å². The van der Waals surface area contributed by atoms with E-state index in [4.69, 9.17) is 10.5 Å². The number of aromatic nitrogens is 5. The van der Waals surface area contributed by atoms with Gasteiger partial charge in [-0.25, -0.2) is 17.8 Å². The van der Waals surface area contributed by atoms with Crippen LogP contribution in [0.15, 0.2) is 17.2 Å². The van der Waals surface area contributed by atoms with Crippen LogP contribution >= 0.6 is 0 Å². The molecule has 1 unspecified atom stereocenters. The highest BCUT2D eigenvalue weighted by atomic mass is 32.2. The normalized spacial score (nSPS) is 19.4. The standard InChI is InChI=1S/C21H27N7O5S/c1-25-17-12-26(34(2,31)32)7-6-13(17)14-9-23-28(21(30)19(14)25)11-16-15(20(22)29)10-27(24-16)18-5-3-4-8-33-18/h9-10,18H,3-8,11-12H2,1-2H3,(H2,22,29). The lowest BCUT2D eigenvalue weighted by atomic mass is 10.1. The summed E-state index contributed by atoms with van der Waals surface area (Å²) in [4.78, 5) is 25.5. The molecule has 0 saturated carbocycles. The molecule has 5 rings (SSSR count). The Morgan fingerprint density at radius 1 is 1.32 bits per heavy atom. The van der Waals surface area contributed by atoms with Crippen molar-refractivity contribution >= 4 is 26.8 Å². The fourth-order valence-corrected chi connectivity index (χ4v) is 5.63. The number of hydrogen-bond donors (Lipinski definition) is 1. The zero-order valence-electron chi connectivity index (χ0n) is 19.1. The first-order valence-corrected chi connectivity index (χ1v) is 13.0. The Morgan fingerprint density at radius 3 is 2.79 bits per heavy atom. The number of amides is 1. The SMILES string of the molecule is Cn1c2c(c3cnn(Cc4nn(C5CCCCO5)cc4C(N)=O)c(=O)c31)CCN(S(C)(=O)=O)C2. The summed E-state index contributed by atoms with van der Waals surface area (Å²) in [6.07, 6.45) is 7.36. The van der Waals surface area contributed by atoms with Gasteiger partial charge in [-0.05, 0) is 31.2 Å². The van der Waals surface area contributed by atoms with E-state index in [0.717, 1.165) is 30.5 Å². The van der Waals surface area contributed by atoms with Crippen LogP contribution in [-0.2, 0) is 41.3 Å². The van der Waals surface area contributed by atoms with E-state index in [1.54, 1.807) is 28.7 Å². The molecule has 0 aromatic carbocycles. The highest BCUT2D eigenvalue weighted by Crippen LogP contribution is 2.29. The zero-order valence-corrected chi connectivity index (χ0v) is 19.9. The Hall–Kier alpha value is -3.03. The van der Waals surface area contributed by atoms with Crippen molar-refractivity contribution in [3.05, 3.63) is 45.3 Å². The molecule has 0 spiro atoms. The maximum absolute atomic E-state index is 13.4. The predicted molar refractivity (Wildman–Crippen MR) is 123 cm³/mol. The number of aryl methyl sites for hydroxylation is 1. The van der Waals surface area contributed by atoms with Gasteiger partial charge in [0, 0.05) is 37.5 Å². The van der Waals surface area contributed by atoms with Gasteiger partial charge in [-0.3, -0.25) is 9.59 Å². The number of hydrogen-bond acceptors (Lipinski definition) is 7. The Labute approximate surface area is 195 Å². The topological polar surface area (TPSA) is 147 Å². The molecule has 2 aliphatic heterocycles. The smallest absolute Gasteiger partial charge is 0.291 e. The second-order valence-corrected chi connectivity index (χ2v) is 10.8. The highest BCUT2D eigenvalue weighted by Gasteiger charge is 2.29. The van der Waals surface area contributed by atoms with Gasteiger partial charge in [-0.1, -0.05) is 0 Å². The molecule has 1 amide bonds. The molecule has 5 heterocycles. The Morgan fingerprint density at radius 2 is 2.12 bits per heavy atom. The Balaban J connectivity index is 1.53. The summed E-state index contributed by atoms with van der Waals surface area (Å²) < 4.78 is 35.8. The maximum Gasteiger partial charge on any atom is 0.291 e. The number of ether oxygens (including phenoxy) is 1. The third-order valence-corrected chi connectivity index (χ3v) is 7.91. The van der Waals surface area contributed by atoms with Crippen molar-refractivity contribution in [2.75, 3.05) is 19.4 Å². The number of rotatable bonds is 5. The predicted octanol–water partition coefficient (Wildman–Crippen LogP) is 0.0955. The average molecular weight is 490 g/mol. The molecule has 13 heteroatoms. The van der Waals surface area contributed by atoms with E-state index in [-0.39, 0.29) is 30.4 Å². The van der Waals surface area contributed by atoms with Crippen LogP contribution in [0.3, 0.4) is 0 Å². The number of nitrogens with two attached hydrogens (primary N) is 1. The van der Waals surface area contributed by atoms with Gasteiger partial charge in [-0.2, -0.15) is 14.5 Å². The fourth-order valence-electron chi connectivity index (χ4n) is 4.85. The molecule has 3 aromatic rings. The minimum atomic E-state index is -3.35. The second kappa shape index (κ2) is 8.32. The first kappa shape index (κ1) is 22.7. The van der Waals surface area contributed by atoms with Crippen molar-refractivity contribution in [3.8, 4) is 0 Å². The number of primary amides is 1. The Bertz CT molecular complexity index is 1450. The van der Waals surface area contributed by atoms with Gasteiger partial charge < -0.3 is 15.0 Å². The molecule has 2 N–H and O–H groups in total. The average Bonchev–Trinajstić information content (AvgIpc) is 3.35. The van der Waals surface area contributed by atoms with Gasteiger partial charge >= 0.3 is 0 Å². The lowest BCUT2D eigenvalue weighted by molar-refractivity contribution is -0.0397. The second-order valence-electron chi connectivity index (χ2n) is 8.86. The van der Waals surface area contributed by atoms with Crippen LogP contribution in [0.4, 0.5) is 0 Å². The van der Waals surface area contributed by atoms with Crippen LogP contribution in [0.5, 0.6) is 0 Å². The first-order chi connectivity index (χ1) is 16.1. The number of sulfonamides is 1. The summed E-state index contributed by atoms with van der Waals surface area (Å²) in [7, 11) is -1.59. The molecule has 34 heavy (non-hydrogen) atoms. The van der Waals surface area contributed by atoms with Crippen molar-refractivity contribution < 1.29 is 17.9 Å². The van der Waals surface area contributed by atoms with E-state index in [9.17, 15) is 18.0 Å². The molecule has 1 fully saturated rings. The molecule has 12 nitrogen and oxygen atoms in total. The number of carbonyl (C=O) groups is 1. The quantitative estimate of drug-likeness (QED) is 0.534. The number of fused-ring (bicyclic) bond motifs is 3. The summed E-state index contributed by atoms with van der Waals surface area (Å²) in [5.74, 6) is -0.638. The first-order valence-electron chi connectivity index (χ1n) is 11.2. The number of carbonyl (C=O) groups excluding carboxylic acids is 1. The molecule has 3 aromatic heterocycles. The molecule has 182 valence electrons. The minimum Gasteiger partial charge on any atom is -0.365 e.